The summed E-state index contributed by atoms with van der Waals surface area (Å²) in [6, 6.07) is 5.68. The van der Waals surface area contributed by atoms with Crippen LogP contribution < -0.4 is 0 Å². The van der Waals surface area contributed by atoms with Gasteiger partial charge in [-0.2, -0.15) is 0 Å². The number of nitro groups is 1. The quantitative estimate of drug-likeness (QED) is 0.474. The summed E-state index contributed by atoms with van der Waals surface area (Å²) in [5.41, 5.74) is 0.0199. The third-order valence-electron chi connectivity index (χ3n) is 3.27. The van der Waals surface area contributed by atoms with Gasteiger partial charge in [-0.25, -0.2) is 0 Å². The van der Waals surface area contributed by atoms with Gasteiger partial charge in [0.05, 0.1) is 16.6 Å². The highest BCUT2D eigenvalue weighted by Crippen LogP contribution is 2.24. The molecule has 21 heavy (non-hydrogen) atoms. The lowest BCUT2D eigenvalue weighted by Crippen LogP contribution is -2.55. The Morgan fingerprint density at radius 1 is 1.48 bits per heavy atom. The molecule has 1 aromatic rings. The molecule has 1 amide bonds. The zero-order valence-electron chi connectivity index (χ0n) is 11.9. The molecule has 114 valence electrons. The number of amides is 1. The molecule has 0 saturated carbocycles. The number of non-ortho nitro benzene ring substituents is 1. The van der Waals surface area contributed by atoms with Gasteiger partial charge in [-0.15, -0.1) is 0 Å². The van der Waals surface area contributed by atoms with Crippen LogP contribution in [0.3, 0.4) is 0 Å². The fraction of sp³-hybridized carbons (Fsp3) is 0.500. The molecule has 0 radical (unpaired) electrons. The van der Waals surface area contributed by atoms with Crippen LogP contribution in [0.5, 0.6) is 0 Å². The molecule has 2 rings (SSSR count). The third kappa shape index (κ3) is 3.79. The van der Waals surface area contributed by atoms with Crippen LogP contribution in [0.4, 0.5) is 5.69 Å². The number of benzene rings is 1. The number of alkyl halides is 1. The minimum atomic E-state index is -0.479. The van der Waals surface area contributed by atoms with E-state index in [1.165, 1.54) is 24.3 Å². The molecule has 0 aliphatic carbocycles. The van der Waals surface area contributed by atoms with Gasteiger partial charge in [0.2, 0.25) is 0 Å². The van der Waals surface area contributed by atoms with Gasteiger partial charge in [-0.05, 0) is 26.0 Å². The number of nitrogens with zero attached hydrogens (tertiary/aromatic N) is 2. The van der Waals surface area contributed by atoms with Gasteiger partial charge in [0, 0.05) is 36.1 Å². The smallest absolute Gasteiger partial charge is 0.269 e. The molecule has 0 N–H and O–H groups in total. The van der Waals surface area contributed by atoms with Crippen molar-refractivity contribution in [2.75, 3.05) is 18.4 Å². The first-order valence-electron chi connectivity index (χ1n) is 6.60. The SMILES string of the molecule is CC1(C)CN(C(=O)c2ccc([N+](=O)[O-])cc2)CC(CBr)O1. The topological polar surface area (TPSA) is 72.7 Å². The standard InChI is InChI=1S/C14H17BrN2O4/c1-14(2)9-16(8-12(7-15)21-14)13(18)10-3-5-11(6-4-10)17(19)20/h3-6,12H,7-9H2,1-2H3. The number of carbonyl (C=O) groups excluding carboxylic acids is 1. The van der Waals surface area contributed by atoms with Crippen molar-refractivity contribution in [1.82, 2.24) is 4.90 Å². The molecule has 1 unspecified atom stereocenters. The Balaban J connectivity index is 2.16. The van der Waals surface area contributed by atoms with E-state index < -0.39 is 10.5 Å². The largest absolute Gasteiger partial charge is 0.368 e. The highest BCUT2D eigenvalue weighted by molar-refractivity contribution is 9.09. The first-order chi connectivity index (χ1) is 9.82. The second-order valence-electron chi connectivity index (χ2n) is 5.64. The summed E-state index contributed by atoms with van der Waals surface area (Å²) in [7, 11) is 0. The molecule has 0 aromatic heterocycles. The summed E-state index contributed by atoms with van der Waals surface area (Å²) >= 11 is 3.38. The van der Waals surface area contributed by atoms with Gasteiger partial charge < -0.3 is 9.64 Å². The molecule has 1 aliphatic heterocycles. The van der Waals surface area contributed by atoms with Gasteiger partial charge in [0.15, 0.2) is 0 Å². The summed E-state index contributed by atoms with van der Waals surface area (Å²) in [5, 5.41) is 11.3. The van der Waals surface area contributed by atoms with Crippen molar-refractivity contribution in [3.8, 4) is 0 Å². The zero-order valence-corrected chi connectivity index (χ0v) is 13.5. The number of morpholine rings is 1. The second-order valence-corrected chi connectivity index (χ2v) is 6.29. The summed E-state index contributed by atoms with van der Waals surface area (Å²) in [4.78, 5) is 24.4. The molecular formula is C14H17BrN2O4. The molecule has 0 bridgehead atoms. The average molecular weight is 357 g/mol. The lowest BCUT2D eigenvalue weighted by atomic mass is 10.0. The Morgan fingerprint density at radius 2 is 2.10 bits per heavy atom. The highest BCUT2D eigenvalue weighted by Gasteiger charge is 2.35. The van der Waals surface area contributed by atoms with Crippen LogP contribution >= 0.6 is 15.9 Å². The minimum Gasteiger partial charge on any atom is -0.368 e. The van der Waals surface area contributed by atoms with Crippen molar-refractivity contribution in [2.45, 2.75) is 25.6 Å². The van der Waals surface area contributed by atoms with Crippen molar-refractivity contribution in [1.29, 1.82) is 0 Å². The molecule has 1 aliphatic rings. The van der Waals surface area contributed by atoms with Crippen molar-refractivity contribution in [2.24, 2.45) is 0 Å². The maximum atomic E-state index is 12.5. The second kappa shape index (κ2) is 6.11. The molecule has 6 nitrogen and oxygen atoms in total. The van der Waals surface area contributed by atoms with Gasteiger partial charge >= 0.3 is 0 Å². The fourth-order valence-corrected chi connectivity index (χ4v) is 2.78. The molecule has 1 heterocycles. The van der Waals surface area contributed by atoms with E-state index in [9.17, 15) is 14.9 Å². The van der Waals surface area contributed by atoms with Gasteiger partial charge in [-0.3, -0.25) is 14.9 Å². The van der Waals surface area contributed by atoms with E-state index in [0.717, 1.165) is 0 Å². The Bertz CT molecular complexity index is 544. The van der Waals surface area contributed by atoms with E-state index >= 15 is 0 Å². The zero-order chi connectivity index (χ0) is 15.6. The van der Waals surface area contributed by atoms with Crippen LogP contribution in [0.25, 0.3) is 0 Å². The summed E-state index contributed by atoms with van der Waals surface area (Å²) < 4.78 is 5.86. The monoisotopic (exact) mass is 356 g/mol. The van der Waals surface area contributed by atoms with Crippen LogP contribution in [0.1, 0.15) is 24.2 Å². The Labute approximate surface area is 131 Å². The number of carbonyl (C=O) groups is 1. The normalized spacial score (nSPS) is 21.1. The summed E-state index contributed by atoms with van der Waals surface area (Å²) in [6.45, 7) is 4.88. The lowest BCUT2D eigenvalue weighted by molar-refractivity contribution is -0.384. The van der Waals surface area contributed by atoms with Gasteiger partial charge in [0.25, 0.3) is 11.6 Å². The van der Waals surface area contributed by atoms with E-state index in [-0.39, 0.29) is 17.7 Å². The van der Waals surface area contributed by atoms with Gasteiger partial charge in [-0.1, -0.05) is 15.9 Å². The molecule has 1 atom stereocenters. The first kappa shape index (κ1) is 15.9. The van der Waals surface area contributed by atoms with Crippen LogP contribution in [-0.4, -0.2) is 45.9 Å². The molecular weight excluding hydrogens is 340 g/mol. The number of ether oxygens (including phenoxy) is 1. The maximum absolute atomic E-state index is 12.5. The number of rotatable bonds is 3. The van der Waals surface area contributed by atoms with E-state index in [2.05, 4.69) is 15.9 Å². The first-order valence-corrected chi connectivity index (χ1v) is 7.72. The van der Waals surface area contributed by atoms with E-state index in [0.29, 0.717) is 24.0 Å². The summed E-state index contributed by atoms with van der Waals surface area (Å²) in [5.74, 6) is -0.132. The molecule has 0 spiro atoms. The van der Waals surface area contributed by atoms with Crippen LogP contribution in [0.2, 0.25) is 0 Å². The maximum Gasteiger partial charge on any atom is 0.269 e. The van der Waals surface area contributed by atoms with Crippen molar-refractivity contribution >= 4 is 27.5 Å². The minimum absolute atomic E-state index is 0.0211. The predicted octanol–water partition coefficient (Wildman–Crippen LogP) is 2.61. The van der Waals surface area contributed by atoms with E-state index in [1.807, 2.05) is 13.8 Å². The Morgan fingerprint density at radius 3 is 2.62 bits per heavy atom. The van der Waals surface area contributed by atoms with E-state index in [1.54, 1.807) is 4.90 Å². The third-order valence-corrected chi connectivity index (χ3v) is 3.99. The molecule has 1 aromatic carbocycles. The Kier molecular flexibility index (Phi) is 4.63. The predicted molar refractivity (Wildman–Crippen MR) is 81.7 cm³/mol. The van der Waals surface area contributed by atoms with Crippen molar-refractivity contribution in [3.05, 3.63) is 39.9 Å². The number of hydrogen-bond donors (Lipinski definition) is 0. The number of nitro benzene ring substituents is 1. The number of halogens is 1. The molecule has 1 fully saturated rings. The average Bonchev–Trinajstić information content (AvgIpc) is 2.44. The lowest BCUT2D eigenvalue weighted by Gasteiger charge is -2.42. The van der Waals surface area contributed by atoms with Crippen LogP contribution in [-0.2, 0) is 4.74 Å². The van der Waals surface area contributed by atoms with Crippen LogP contribution in [0.15, 0.2) is 24.3 Å². The van der Waals surface area contributed by atoms with Gasteiger partial charge in [0.1, 0.15) is 0 Å². The van der Waals surface area contributed by atoms with Crippen molar-refractivity contribution in [3.63, 3.8) is 0 Å². The van der Waals surface area contributed by atoms with E-state index in [4.69, 9.17) is 4.74 Å². The Hall–Kier alpha value is -1.47. The van der Waals surface area contributed by atoms with Crippen LogP contribution in [0, 0.1) is 10.1 Å². The van der Waals surface area contributed by atoms with Crippen molar-refractivity contribution < 1.29 is 14.5 Å². The summed E-state index contributed by atoms with van der Waals surface area (Å²) in [6.07, 6.45) is -0.0595. The fourth-order valence-electron chi connectivity index (χ4n) is 2.44. The molecule has 1 saturated heterocycles. The highest BCUT2D eigenvalue weighted by atomic mass is 79.9. The molecule has 7 heteroatoms. The number of hydrogen-bond acceptors (Lipinski definition) is 4.